The average Bonchev–Trinajstić information content (AvgIpc) is 2.11. The number of hydrogen-bond acceptors (Lipinski definition) is 4. The molecule has 0 aromatic rings. The van der Waals surface area contributed by atoms with Crippen molar-refractivity contribution in [1.29, 1.82) is 5.26 Å². The Hall–Kier alpha value is -1.08. The molecule has 0 rings (SSSR count). The van der Waals surface area contributed by atoms with Crippen molar-refractivity contribution in [3.05, 3.63) is 0 Å². The molecule has 0 aromatic carbocycles. The smallest absolute Gasteiger partial charge is 0.320 e. The molecule has 0 amide bonds. The van der Waals surface area contributed by atoms with Gasteiger partial charge in [0.25, 0.3) is 0 Å². The standard InChI is InChI=1S/C12H22N2O2/c1-10(2)8-14(7-5-6-13)9-12(15)16-11(3)4/h10-11H,5,7-9H2,1-4H3. The Balaban J connectivity index is 4.09. The van der Waals surface area contributed by atoms with Crippen LogP contribution in [-0.4, -0.2) is 36.6 Å². The van der Waals surface area contributed by atoms with Crippen LogP contribution in [0.4, 0.5) is 0 Å². The van der Waals surface area contributed by atoms with Crippen LogP contribution in [-0.2, 0) is 9.53 Å². The second-order valence-electron chi connectivity index (χ2n) is 4.58. The Morgan fingerprint density at radius 3 is 2.44 bits per heavy atom. The lowest BCUT2D eigenvalue weighted by Gasteiger charge is -2.22. The number of rotatable bonds is 7. The van der Waals surface area contributed by atoms with Gasteiger partial charge in [-0.2, -0.15) is 5.26 Å². The van der Waals surface area contributed by atoms with E-state index in [0.29, 0.717) is 18.9 Å². The maximum atomic E-state index is 11.5. The summed E-state index contributed by atoms with van der Waals surface area (Å²) in [7, 11) is 0. The van der Waals surface area contributed by atoms with E-state index in [4.69, 9.17) is 10.00 Å². The van der Waals surface area contributed by atoms with Crippen LogP contribution in [0.1, 0.15) is 34.1 Å². The Kier molecular flexibility index (Phi) is 7.57. The van der Waals surface area contributed by atoms with E-state index >= 15 is 0 Å². The summed E-state index contributed by atoms with van der Waals surface area (Å²) in [5.41, 5.74) is 0. The molecule has 0 saturated carbocycles. The molecule has 0 aliphatic carbocycles. The molecule has 0 N–H and O–H groups in total. The fourth-order valence-electron chi connectivity index (χ4n) is 1.44. The third-order valence-electron chi connectivity index (χ3n) is 1.88. The number of ether oxygens (including phenoxy) is 1. The van der Waals surface area contributed by atoms with E-state index in [-0.39, 0.29) is 18.6 Å². The van der Waals surface area contributed by atoms with Gasteiger partial charge >= 0.3 is 5.97 Å². The van der Waals surface area contributed by atoms with E-state index in [1.165, 1.54) is 0 Å². The van der Waals surface area contributed by atoms with E-state index < -0.39 is 0 Å². The molecule has 92 valence electrons. The van der Waals surface area contributed by atoms with Gasteiger partial charge in [-0.3, -0.25) is 9.69 Å². The molecule has 0 fully saturated rings. The summed E-state index contributed by atoms with van der Waals surface area (Å²) in [6.45, 7) is 9.56. The number of esters is 1. The molecule has 0 aliphatic heterocycles. The number of nitrogens with zero attached hydrogens (tertiary/aromatic N) is 2. The predicted octanol–water partition coefficient (Wildman–Crippen LogP) is 1.81. The van der Waals surface area contributed by atoms with Gasteiger partial charge in [0.1, 0.15) is 0 Å². The Morgan fingerprint density at radius 1 is 1.38 bits per heavy atom. The first-order chi connectivity index (χ1) is 7.45. The van der Waals surface area contributed by atoms with Crippen molar-refractivity contribution in [2.45, 2.75) is 40.2 Å². The van der Waals surface area contributed by atoms with Crippen molar-refractivity contribution in [2.24, 2.45) is 5.92 Å². The summed E-state index contributed by atoms with van der Waals surface area (Å²) >= 11 is 0. The first-order valence-corrected chi connectivity index (χ1v) is 5.74. The zero-order chi connectivity index (χ0) is 12.6. The summed E-state index contributed by atoms with van der Waals surface area (Å²) in [6.07, 6.45) is 0.367. The molecular weight excluding hydrogens is 204 g/mol. The van der Waals surface area contributed by atoms with E-state index in [0.717, 1.165) is 6.54 Å². The molecule has 0 aliphatic rings. The number of nitriles is 1. The van der Waals surface area contributed by atoms with Crippen molar-refractivity contribution in [2.75, 3.05) is 19.6 Å². The summed E-state index contributed by atoms with van der Waals surface area (Å²) in [6, 6.07) is 2.09. The third kappa shape index (κ3) is 8.25. The number of carbonyl (C=O) groups is 1. The highest BCUT2D eigenvalue weighted by Crippen LogP contribution is 2.01. The highest BCUT2D eigenvalue weighted by Gasteiger charge is 2.13. The molecule has 0 atom stereocenters. The number of hydrogen-bond donors (Lipinski definition) is 0. The Morgan fingerprint density at radius 2 is 2.00 bits per heavy atom. The van der Waals surface area contributed by atoms with E-state index in [2.05, 4.69) is 19.9 Å². The largest absolute Gasteiger partial charge is 0.462 e. The van der Waals surface area contributed by atoms with Gasteiger partial charge < -0.3 is 4.74 Å². The first-order valence-electron chi connectivity index (χ1n) is 5.74. The van der Waals surface area contributed by atoms with Gasteiger partial charge in [-0.1, -0.05) is 13.8 Å². The normalized spacial score (nSPS) is 10.9. The second kappa shape index (κ2) is 8.12. The van der Waals surface area contributed by atoms with Crippen LogP contribution < -0.4 is 0 Å². The lowest BCUT2D eigenvalue weighted by molar-refractivity contribution is -0.148. The Bertz CT molecular complexity index is 244. The molecule has 16 heavy (non-hydrogen) atoms. The first kappa shape index (κ1) is 14.9. The quantitative estimate of drug-likeness (QED) is 0.621. The van der Waals surface area contributed by atoms with Crippen LogP contribution >= 0.6 is 0 Å². The molecular formula is C12H22N2O2. The molecule has 4 nitrogen and oxygen atoms in total. The van der Waals surface area contributed by atoms with Gasteiger partial charge in [0.2, 0.25) is 0 Å². The van der Waals surface area contributed by atoms with E-state index in [1.807, 2.05) is 18.7 Å². The van der Waals surface area contributed by atoms with Crippen molar-refractivity contribution in [1.82, 2.24) is 4.90 Å². The van der Waals surface area contributed by atoms with Crippen LogP contribution in [0.3, 0.4) is 0 Å². The fourth-order valence-corrected chi connectivity index (χ4v) is 1.44. The van der Waals surface area contributed by atoms with Crippen molar-refractivity contribution in [3.63, 3.8) is 0 Å². The molecule has 4 heteroatoms. The summed E-state index contributed by atoms with van der Waals surface area (Å²) in [5, 5.41) is 8.54. The topological polar surface area (TPSA) is 53.3 Å². The molecule has 0 radical (unpaired) electrons. The lowest BCUT2D eigenvalue weighted by atomic mass is 10.2. The van der Waals surface area contributed by atoms with Crippen LogP contribution in [0.2, 0.25) is 0 Å². The molecule has 0 heterocycles. The van der Waals surface area contributed by atoms with Crippen LogP contribution in [0.15, 0.2) is 0 Å². The molecule has 0 unspecified atom stereocenters. The minimum absolute atomic E-state index is 0.0793. The molecule has 0 spiro atoms. The monoisotopic (exact) mass is 226 g/mol. The zero-order valence-corrected chi connectivity index (χ0v) is 10.7. The van der Waals surface area contributed by atoms with Crippen molar-refractivity contribution >= 4 is 5.97 Å². The van der Waals surface area contributed by atoms with Gasteiger partial charge in [0.05, 0.1) is 18.7 Å². The lowest BCUT2D eigenvalue weighted by Crippen LogP contribution is -2.35. The second-order valence-corrected chi connectivity index (χ2v) is 4.58. The molecule has 0 bridgehead atoms. The maximum Gasteiger partial charge on any atom is 0.320 e. The highest BCUT2D eigenvalue weighted by molar-refractivity contribution is 5.71. The minimum atomic E-state index is -0.214. The maximum absolute atomic E-state index is 11.5. The van der Waals surface area contributed by atoms with Crippen molar-refractivity contribution in [3.8, 4) is 6.07 Å². The van der Waals surface area contributed by atoms with Gasteiger partial charge in [0.15, 0.2) is 0 Å². The van der Waals surface area contributed by atoms with Gasteiger partial charge in [-0.25, -0.2) is 0 Å². The predicted molar refractivity (Wildman–Crippen MR) is 62.7 cm³/mol. The molecule has 0 aromatic heterocycles. The SMILES string of the molecule is CC(C)CN(CCC#N)CC(=O)OC(C)C. The van der Waals surface area contributed by atoms with E-state index in [1.54, 1.807) is 0 Å². The summed E-state index contributed by atoms with van der Waals surface area (Å²) < 4.78 is 5.08. The highest BCUT2D eigenvalue weighted by atomic mass is 16.5. The van der Waals surface area contributed by atoms with Crippen molar-refractivity contribution < 1.29 is 9.53 Å². The minimum Gasteiger partial charge on any atom is -0.462 e. The Labute approximate surface area is 98.2 Å². The third-order valence-corrected chi connectivity index (χ3v) is 1.88. The zero-order valence-electron chi connectivity index (χ0n) is 10.7. The summed E-state index contributed by atoms with van der Waals surface area (Å²) in [5.74, 6) is 0.263. The van der Waals surface area contributed by atoms with Crippen LogP contribution in [0, 0.1) is 17.2 Å². The average molecular weight is 226 g/mol. The van der Waals surface area contributed by atoms with Gasteiger partial charge in [-0.05, 0) is 19.8 Å². The molecule has 0 saturated heterocycles. The van der Waals surface area contributed by atoms with Crippen LogP contribution in [0.5, 0.6) is 0 Å². The fraction of sp³-hybridized carbons (Fsp3) is 0.833. The summed E-state index contributed by atoms with van der Waals surface area (Å²) in [4.78, 5) is 13.4. The van der Waals surface area contributed by atoms with Gasteiger partial charge in [-0.15, -0.1) is 0 Å². The number of carbonyl (C=O) groups excluding carboxylic acids is 1. The van der Waals surface area contributed by atoms with Gasteiger partial charge in [0, 0.05) is 19.5 Å². The van der Waals surface area contributed by atoms with Crippen LogP contribution in [0.25, 0.3) is 0 Å². The van der Waals surface area contributed by atoms with E-state index in [9.17, 15) is 4.79 Å².